The molecule has 104 valence electrons. The van der Waals surface area contributed by atoms with Gasteiger partial charge in [0.05, 0.1) is 12.6 Å². The number of aliphatic hydroxyl groups excluding tert-OH is 1. The highest BCUT2D eigenvalue weighted by Crippen LogP contribution is 2.36. The summed E-state index contributed by atoms with van der Waals surface area (Å²) < 4.78 is 10.8. The second-order valence-corrected chi connectivity index (χ2v) is 5.31. The summed E-state index contributed by atoms with van der Waals surface area (Å²) in [6.45, 7) is 4.46. The Morgan fingerprint density at radius 1 is 1.26 bits per heavy atom. The van der Waals surface area contributed by atoms with Crippen molar-refractivity contribution < 1.29 is 14.6 Å². The van der Waals surface area contributed by atoms with Gasteiger partial charge in [-0.15, -0.1) is 0 Å². The van der Waals surface area contributed by atoms with Crippen LogP contribution in [0.15, 0.2) is 18.2 Å². The molecule has 0 amide bonds. The molecule has 2 atom stereocenters. The van der Waals surface area contributed by atoms with Gasteiger partial charge in [0.1, 0.15) is 0 Å². The van der Waals surface area contributed by atoms with Crippen molar-refractivity contribution in [3.05, 3.63) is 18.2 Å². The number of likely N-dealkylation sites (N-methyl/N-ethyl adjacent to an activating group) is 1. The van der Waals surface area contributed by atoms with Crippen LogP contribution in [-0.2, 0) is 0 Å². The van der Waals surface area contributed by atoms with E-state index in [1.807, 2.05) is 12.1 Å². The summed E-state index contributed by atoms with van der Waals surface area (Å²) in [7, 11) is 2.06. The molecule has 5 nitrogen and oxygen atoms in total. The molecule has 1 fully saturated rings. The predicted molar refractivity (Wildman–Crippen MR) is 72.9 cm³/mol. The zero-order chi connectivity index (χ0) is 13.4. The SMILES string of the molecule is CC1CN(C)C(CO)CN1c1ccc2c(c1)OCO2. The van der Waals surface area contributed by atoms with Crippen LogP contribution in [0.5, 0.6) is 11.5 Å². The monoisotopic (exact) mass is 264 g/mol. The standard InChI is InChI=1S/C14H20N2O3/c1-10-6-15(2)12(8-17)7-16(10)11-3-4-13-14(5-11)19-9-18-13/h3-5,10,12,17H,6-9H2,1-2H3. The van der Waals surface area contributed by atoms with Crippen molar-refractivity contribution >= 4 is 5.69 Å². The molecule has 0 radical (unpaired) electrons. The van der Waals surface area contributed by atoms with Crippen molar-refractivity contribution in [3.63, 3.8) is 0 Å². The van der Waals surface area contributed by atoms with Gasteiger partial charge in [0.25, 0.3) is 0 Å². The first kappa shape index (κ1) is 12.6. The Morgan fingerprint density at radius 3 is 2.84 bits per heavy atom. The number of nitrogens with zero attached hydrogens (tertiary/aromatic N) is 2. The first-order chi connectivity index (χ1) is 9.19. The first-order valence-electron chi connectivity index (χ1n) is 6.66. The molecule has 5 heteroatoms. The normalized spacial score (nSPS) is 26.8. The van der Waals surface area contributed by atoms with Crippen molar-refractivity contribution in [3.8, 4) is 11.5 Å². The lowest BCUT2D eigenvalue weighted by molar-refractivity contribution is 0.121. The lowest BCUT2D eigenvalue weighted by Gasteiger charge is -2.44. The summed E-state index contributed by atoms with van der Waals surface area (Å²) in [5, 5.41) is 9.45. The fourth-order valence-corrected chi connectivity index (χ4v) is 2.83. The molecule has 1 N–H and O–H groups in total. The largest absolute Gasteiger partial charge is 0.454 e. The maximum Gasteiger partial charge on any atom is 0.231 e. The average molecular weight is 264 g/mol. The maximum absolute atomic E-state index is 9.45. The Hall–Kier alpha value is -1.46. The molecule has 0 aromatic heterocycles. The Labute approximate surface area is 113 Å². The maximum atomic E-state index is 9.45. The molecule has 3 rings (SSSR count). The highest BCUT2D eigenvalue weighted by Gasteiger charge is 2.29. The highest BCUT2D eigenvalue weighted by atomic mass is 16.7. The molecule has 19 heavy (non-hydrogen) atoms. The van der Waals surface area contributed by atoms with Gasteiger partial charge in [-0.1, -0.05) is 0 Å². The molecule has 0 spiro atoms. The molecular formula is C14H20N2O3. The van der Waals surface area contributed by atoms with E-state index in [2.05, 4.69) is 29.8 Å². The van der Waals surface area contributed by atoms with E-state index in [4.69, 9.17) is 9.47 Å². The third-order valence-electron chi connectivity index (χ3n) is 4.01. The van der Waals surface area contributed by atoms with E-state index in [0.717, 1.165) is 30.3 Å². The number of hydrogen-bond acceptors (Lipinski definition) is 5. The Balaban J connectivity index is 1.84. The molecule has 0 saturated carbocycles. The Bertz CT molecular complexity index is 466. The number of rotatable bonds is 2. The highest BCUT2D eigenvalue weighted by molar-refractivity contribution is 5.58. The molecule has 2 unspecified atom stereocenters. The fourth-order valence-electron chi connectivity index (χ4n) is 2.83. The third-order valence-corrected chi connectivity index (χ3v) is 4.01. The van der Waals surface area contributed by atoms with Crippen molar-refractivity contribution in [2.75, 3.05) is 38.4 Å². The third kappa shape index (κ3) is 2.24. The first-order valence-corrected chi connectivity index (χ1v) is 6.66. The van der Waals surface area contributed by atoms with Gasteiger partial charge < -0.3 is 19.5 Å². The number of ether oxygens (including phenoxy) is 2. The molecule has 0 bridgehead atoms. The van der Waals surface area contributed by atoms with Gasteiger partial charge >= 0.3 is 0 Å². The van der Waals surface area contributed by atoms with Gasteiger partial charge in [0.2, 0.25) is 6.79 Å². The molecular weight excluding hydrogens is 244 g/mol. The van der Waals surface area contributed by atoms with Crippen LogP contribution >= 0.6 is 0 Å². The summed E-state index contributed by atoms with van der Waals surface area (Å²) >= 11 is 0. The van der Waals surface area contributed by atoms with E-state index in [1.54, 1.807) is 0 Å². The minimum absolute atomic E-state index is 0.182. The minimum Gasteiger partial charge on any atom is -0.454 e. The summed E-state index contributed by atoms with van der Waals surface area (Å²) in [6.07, 6.45) is 0. The van der Waals surface area contributed by atoms with Gasteiger partial charge in [0.15, 0.2) is 11.5 Å². The second kappa shape index (κ2) is 4.90. The number of anilines is 1. The summed E-state index contributed by atoms with van der Waals surface area (Å²) in [5.74, 6) is 1.62. The topological polar surface area (TPSA) is 45.2 Å². The van der Waals surface area contributed by atoms with E-state index in [-0.39, 0.29) is 12.6 Å². The number of hydrogen-bond donors (Lipinski definition) is 1. The van der Waals surface area contributed by atoms with E-state index >= 15 is 0 Å². The molecule has 1 aromatic rings. The van der Waals surface area contributed by atoms with Gasteiger partial charge in [-0.05, 0) is 26.1 Å². The van der Waals surface area contributed by atoms with Gasteiger partial charge in [-0.2, -0.15) is 0 Å². The van der Waals surface area contributed by atoms with E-state index in [1.165, 1.54) is 0 Å². The molecule has 2 aliphatic rings. The van der Waals surface area contributed by atoms with E-state index < -0.39 is 0 Å². The predicted octanol–water partition coefficient (Wildman–Crippen LogP) is 0.916. The lowest BCUT2D eigenvalue weighted by atomic mass is 10.1. The molecule has 0 aliphatic carbocycles. The smallest absolute Gasteiger partial charge is 0.231 e. The van der Waals surface area contributed by atoms with Crippen LogP contribution < -0.4 is 14.4 Å². The van der Waals surface area contributed by atoms with Crippen LogP contribution in [0.4, 0.5) is 5.69 Å². The van der Waals surface area contributed by atoms with Crippen LogP contribution in [0, 0.1) is 0 Å². The molecule has 1 aromatic carbocycles. The molecule has 1 saturated heterocycles. The fraction of sp³-hybridized carbons (Fsp3) is 0.571. The number of fused-ring (bicyclic) bond motifs is 1. The van der Waals surface area contributed by atoms with Gasteiger partial charge in [-0.3, -0.25) is 4.90 Å². The summed E-state index contributed by atoms with van der Waals surface area (Å²) in [4.78, 5) is 4.54. The van der Waals surface area contributed by atoms with Crippen molar-refractivity contribution in [1.29, 1.82) is 0 Å². The summed E-state index contributed by atoms with van der Waals surface area (Å²) in [5.41, 5.74) is 1.13. The van der Waals surface area contributed by atoms with Crippen molar-refractivity contribution in [1.82, 2.24) is 4.90 Å². The Morgan fingerprint density at radius 2 is 2.05 bits per heavy atom. The number of piperazine rings is 1. The average Bonchev–Trinajstić information content (AvgIpc) is 2.86. The zero-order valence-electron chi connectivity index (χ0n) is 11.4. The van der Waals surface area contributed by atoms with E-state index in [0.29, 0.717) is 12.8 Å². The van der Waals surface area contributed by atoms with Crippen LogP contribution in [-0.4, -0.2) is 55.6 Å². The number of aliphatic hydroxyl groups is 1. The van der Waals surface area contributed by atoms with Crippen LogP contribution in [0.2, 0.25) is 0 Å². The minimum atomic E-state index is 0.182. The van der Waals surface area contributed by atoms with Crippen LogP contribution in [0.25, 0.3) is 0 Å². The second-order valence-electron chi connectivity index (χ2n) is 5.31. The van der Waals surface area contributed by atoms with Crippen molar-refractivity contribution in [2.45, 2.75) is 19.0 Å². The van der Waals surface area contributed by atoms with Crippen molar-refractivity contribution in [2.24, 2.45) is 0 Å². The number of benzene rings is 1. The summed E-state index contributed by atoms with van der Waals surface area (Å²) in [6, 6.07) is 6.63. The van der Waals surface area contributed by atoms with E-state index in [9.17, 15) is 5.11 Å². The Kier molecular flexibility index (Phi) is 3.24. The lowest BCUT2D eigenvalue weighted by Crippen LogP contribution is -2.57. The van der Waals surface area contributed by atoms with Crippen LogP contribution in [0.1, 0.15) is 6.92 Å². The quantitative estimate of drug-likeness (QED) is 0.860. The van der Waals surface area contributed by atoms with Gasteiger partial charge in [-0.25, -0.2) is 0 Å². The van der Waals surface area contributed by atoms with Crippen LogP contribution in [0.3, 0.4) is 0 Å². The van der Waals surface area contributed by atoms with Gasteiger partial charge in [0, 0.05) is 30.9 Å². The zero-order valence-corrected chi connectivity index (χ0v) is 11.4. The molecule has 2 aliphatic heterocycles. The molecule has 2 heterocycles.